The molecule has 0 aromatic heterocycles. The molecule has 1 amide bonds. The summed E-state index contributed by atoms with van der Waals surface area (Å²) in [6.07, 6.45) is -2.80. The molecule has 6 rings (SSSR count). The smallest absolute Gasteiger partial charge is 0.338 e. The van der Waals surface area contributed by atoms with Gasteiger partial charge in [-0.3, -0.25) is 14.4 Å². The van der Waals surface area contributed by atoms with Crippen LogP contribution in [0.2, 0.25) is 0 Å². The van der Waals surface area contributed by atoms with Crippen molar-refractivity contribution in [2.75, 3.05) is 19.8 Å². The zero-order valence-corrected chi connectivity index (χ0v) is 21.8. The third kappa shape index (κ3) is 3.01. The monoisotopic (exact) mass is 527 g/mol. The first-order valence-electron chi connectivity index (χ1n) is 13.2. The molecular weight excluding hydrogens is 494 g/mol. The number of carbonyl (C=O) groups excluding carboxylic acids is 4. The largest absolute Gasteiger partial charge is 0.461 e. The van der Waals surface area contributed by atoms with Gasteiger partial charge in [0.05, 0.1) is 17.6 Å². The van der Waals surface area contributed by atoms with Gasteiger partial charge in [0, 0.05) is 26.2 Å². The number of aliphatic hydroxyl groups is 1. The van der Waals surface area contributed by atoms with Gasteiger partial charge in [-0.2, -0.15) is 0 Å². The van der Waals surface area contributed by atoms with Gasteiger partial charge in [0.15, 0.2) is 12.3 Å². The molecule has 0 bridgehead atoms. The highest BCUT2D eigenvalue weighted by molar-refractivity contribution is 5.99. The average Bonchev–Trinajstić information content (AvgIpc) is 3.49. The zero-order chi connectivity index (χ0) is 27.1. The molecule has 1 unspecified atom stereocenters. The van der Waals surface area contributed by atoms with Gasteiger partial charge in [-0.15, -0.1) is 0 Å². The van der Waals surface area contributed by atoms with Crippen molar-refractivity contribution in [2.45, 2.75) is 70.5 Å². The van der Waals surface area contributed by atoms with Crippen LogP contribution in [0, 0.1) is 22.2 Å². The highest BCUT2D eigenvalue weighted by Gasteiger charge is 2.93. The molecule has 1 saturated carbocycles. The Kier molecular flexibility index (Phi) is 5.50. The van der Waals surface area contributed by atoms with E-state index < -0.39 is 64.1 Å². The van der Waals surface area contributed by atoms with Crippen LogP contribution < -0.4 is 0 Å². The number of carbonyl (C=O) groups is 4. The Morgan fingerprint density at radius 2 is 1.79 bits per heavy atom. The van der Waals surface area contributed by atoms with Crippen LogP contribution in [0.5, 0.6) is 0 Å². The molecule has 0 radical (unpaired) electrons. The average molecular weight is 528 g/mol. The molecule has 5 fully saturated rings. The van der Waals surface area contributed by atoms with Crippen LogP contribution in [0.1, 0.15) is 56.8 Å². The molecule has 6 atom stereocenters. The molecule has 5 aliphatic rings. The zero-order valence-electron chi connectivity index (χ0n) is 21.8. The lowest BCUT2D eigenvalue weighted by atomic mass is 9.52. The van der Waals surface area contributed by atoms with E-state index in [9.17, 15) is 24.3 Å². The van der Waals surface area contributed by atoms with Crippen LogP contribution >= 0.6 is 0 Å². The minimum Gasteiger partial charge on any atom is -0.461 e. The SMILES string of the molecule is CC(C)(C)[C@]1(O)C[C@@H]2OC(=O)C[C@@]23C(=O)O[C@@H]2N(CC4CCOCC4)C(=O)[C@H](OC(=O)c4ccccc4)C213. The van der Waals surface area contributed by atoms with E-state index in [1.165, 1.54) is 4.90 Å². The van der Waals surface area contributed by atoms with Gasteiger partial charge in [0.2, 0.25) is 0 Å². The lowest BCUT2D eigenvalue weighted by molar-refractivity contribution is -0.212. The molecule has 10 nitrogen and oxygen atoms in total. The van der Waals surface area contributed by atoms with E-state index in [0.717, 1.165) is 0 Å². The van der Waals surface area contributed by atoms with Crippen molar-refractivity contribution in [1.29, 1.82) is 0 Å². The van der Waals surface area contributed by atoms with Gasteiger partial charge in [-0.05, 0) is 36.3 Å². The number of esters is 3. The molecule has 4 heterocycles. The number of nitrogens with zero attached hydrogens (tertiary/aromatic N) is 1. The standard InChI is InChI=1S/C28H33NO9/c1-25(2,3)27(34)13-18-26(14-19(30)36-18)24(33)38-23-28(26,27)20(37-22(32)17-7-5-4-6-8-17)21(31)29(23)15-16-9-11-35-12-10-16/h4-8,16,18,20,23,34H,9-15H2,1-3H3/t18-,20-,23-,26-,27+,28?/m0/s1. The first-order valence-corrected chi connectivity index (χ1v) is 13.2. The van der Waals surface area contributed by atoms with Gasteiger partial charge < -0.3 is 29.0 Å². The maximum absolute atomic E-state index is 14.3. The van der Waals surface area contributed by atoms with Crippen LogP contribution in [0.3, 0.4) is 0 Å². The summed E-state index contributed by atoms with van der Waals surface area (Å²) in [7, 11) is 0. The van der Waals surface area contributed by atoms with Crippen LogP contribution in [0.4, 0.5) is 0 Å². The molecule has 38 heavy (non-hydrogen) atoms. The van der Waals surface area contributed by atoms with Crippen molar-refractivity contribution >= 4 is 23.8 Å². The Morgan fingerprint density at radius 3 is 2.45 bits per heavy atom. The van der Waals surface area contributed by atoms with Crippen molar-refractivity contribution in [3.8, 4) is 0 Å². The molecule has 4 saturated heterocycles. The van der Waals surface area contributed by atoms with Crippen molar-refractivity contribution in [2.24, 2.45) is 22.2 Å². The normalized spacial score (nSPS) is 38.5. The lowest BCUT2D eigenvalue weighted by Gasteiger charge is -2.51. The molecular formula is C28H33NO9. The van der Waals surface area contributed by atoms with Crippen molar-refractivity contribution in [1.82, 2.24) is 4.90 Å². The summed E-state index contributed by atoms with van der Waals surface area (Å²) in [5, 5.41) is 12.6. The first-order chi connectivity index (χ1) is 18.0. The number of likely N-dealkylation sites (tertiary alicyclic amines) is 1. The Balaban J connectivity index is 1.53. The maximum atomic E-state index is 14.3. The number of amides is 1. The van der Waals surface area contributed by atoms with E-state index in [1.807, 2.05) is 0 Å². The third-order valence-corrected chi connectivity index (χ3v) is 9.60. The fourth-order valence-corrected chi connectivity index (χ4v) is 7.74. The minimum absolute atomic E-state index is 0.0740. The number of hydrogen-bond donors (Lipinski definition) is 1. The lowest BCUT2D eigenvalue weighted by Crippen LogP contribution is -2.66. The van der Waals surface area contributed by atoms with Gasteiger partial charge in [-0.1, -0.05) is 39.0 Å². The van der Waals surface area contributed by atoms with Crippen LogP contribution in [-0.2, 0) is 33.3 Å². The third-order valence-electron chi connectivity index (χ3n) is 9.60. The van der Waals surface area contributed by atoms with Crippen molar-refractivity contribution < 1.29 is 43.2 Å². The Labute approximate surface area is 220 Å². The number of rotatable bonds is 4. The molecule has 10 heteroatoms. The molecule has 204 valence electrons. The summed E-state index contributed by atoms with van der Waals surface area (Å²) in [5.74, 6) is -2.54. The molecule has 1 N–H and O–H groups in total. The molecule has 4 aliphatic heterocycles. The van der Waals surface area contributed by atoms with E-state index in [2.05, 4.69) is 0 Å². The van der Waals surface area contributed by atoms with E-state index >= 15 is 0 Å². The van der Waals surface area contributed by atoms with Crippen molar-refractivity contribution in [3.05, 3.63) is 35.9 Å². The van der Waals surface area contributed by atoms with Crippen LogP contribution in [-0.4, -0.2) is 77.6 Å². The quantitative estimate of drug-likeness (QED) is 0.461. The summed E-state index contributed by atoms with van der Waals surface area (Å²) >= 11 is 0. The second-order valence-electron chi connectivity index (χ2n) is 12.3. The number of ether oxygens (including phenoxy) is 4. The second kappa shape index (κ2) is 8.26. The van der Waals surface area contributed by atoms with E-state index in [1.54, 1.807) is 51.1 Å². The number of benzene rings is 1. The van der Waals surface area contributed by atoms with Crippen molar-refractivity contribution in [3.63, 3.8) is 0 Å². The first kappa shape index (κ1) is 25.3. The summed E-state index contributed by atoms with van der Waals surface area (Å²) in [6.45, 7) is 6.76. The van der Waals surface area contributed by atoms with Crippen LogP contribution in [0.25, 0.3) is 0 Å². The van der Waals surface area contributed by atoms with Gasteiger partial charge >= 0.3 is 17.9 Å². The van der Waals surface area contributed by atoms with Gasteiger partial charge in [0.25, 0.3) is 5.91 Å². The van der Waals surface area contributed by atoms with Crippen LogP contribution in [0.15, 0.2) is 30.3 Å². The Bertz CT molecular complexity index is 1190. The van der Waals surface area contributed by atoms with E-state index in [-0.39, 0.29) is 30.9 Å². The summed E-state index contributed by atoms with van der Waals surface area (Å²) in [4.78, 5) is 55.6. The summed E-state index contributed by atoms with van der Waals surface area (Å²) < 4.78 is 23.1. The summed E-state index contributed by atoms with van der Waals surface area (Å²) in [5.41, 5.74) is -5.86. The highest BCUT2D eigenvalue weighted by Crippen LogP contribution is 2.76. The Hall–Kier alpha value is -2.98. The fraction of sp³-hybridized carbons (Fsp3) is 0.643. The van der Waals surface area contributed by atoms with Gasteiger partial charge in [0.1, 0.15) is 16.9 Å². The highest BCUT2D eigenvalue weighted by atomic mass is 16.6. The maximum Gasteiger partial charge on any atom is 0.338 e. The predicted molar refractivity (Wildman–Crippen MR) is 129 cm³/mol. The minimum atomic E-state index is -1.76. The molecule has 1 aromatic rings. The Morgan fingerprint density at radius 1 is 1.11 bits per heavy atom. The topological polar surface area (TPSA) is 129 Å². The van der Waals surface area contributed by atoms with E-state index in [0.29, 0.717) is 26.1 Å². The molecule has 1 aliphatic carbocycles. The van der Waals surface area contributed by atoms with E-state index in [4.69, 9.17) is 18.9 Å². The fourth-order valence-electron chi connectivity index (χ4n) is 7.74. The molecule has 1 aromatic carbocycles. The molecule has 2 spiro atoms. The number of hydrogen-bond acceptors (Lipinski definition) is 9. The van der Waals surface area contributed by atoms with Gasteiger partial charge in [-0.25, -0.2) is 4.79 Å². The predicted octanol–water partition coefficient (Wildman–Crippen LogP) is 1.83. The second-order valence-corrected chi connectivity index (χ2v) is 12.3. The summed E-state index contributed by atoms with van der Waals surface area (Å²) in [6, 6.07) is 8.24.